The standard InChI is InChI=1S/C32H24NO.C14H16NSi.Ir/c1-21(2)23-16-17-33-30(19-23)29-13-7-12-28-27-15-14-26(20-31(27)34-32(28)29)25-11-6-10-24(18-25)22-8-4-3-5-9-22;1-16(2,3)13-9-10-14(15-11-13)12-7-5-4-6-8-12;/h3-12,14-21H,1-2H3;4-7,9-11H,1-3H3;/q2*-1;. The normalized spacial score (nSPS) is 11.3. The van der Waals surface area contributed by atoms with Crippen LogP contribution in [0.15, 0.2) is 150 Å². The smallest absolute Gasteiger partial charge is 0.121 e. The maximum Gasteiger partial charge on any atom is 0.121 e. The van der Waals surface area contributed by atoms with Gasteiger partial charge in [-0.1, -0.05) is 129 Å². The third-order valence-electron chi connectivity index (χ3n) is 9.06. The van der Waals surface area contributed by atoms with Crippen molar-refractivity contribution in [1.82, 2.24) is 9.97 Å². The summed E-state index contributed by atoms with van der Waals surface area (Å²) in [5.41, 5.74) is 11.5. The van der Waals surface area contributed by atoms with Crippen LogP contribution in [0.4, 0.5) is 0 Å². The molecule has 255 valence electrons. The van der Waals surface area contributed by atoms with Gasteiger partial charge in [-0.15, -0.1) is 54.1 Å². The molecule has 0 bridgehead atoms. The van der Waals surface area contributed by atoms with Gasteiger partial charge in [0.25, 0.3) is 0 Å². The molecule has 0 unspecified atom stereocenters. The van der Waals surface area contributed by atoms with E-state index in [4.69, 9.17) is 4.42 Å². The topological polar surface area (TPSA) is 38.9 Å². The molecular weight excluding hydrogens is 817 g/mol. The fourth-order valence-electron chi connectivity index (χ4n) is 6.11. The summed E-state index contributed by atoms with van der Waals surface area (Å²) in [7, 11) is -1.23. The number of hydrogen-bond donors (Lipinski definition) is 0. The van der Waals surface area contributed by atoms with Crippen LogP contribution in [0.2, 0.25) is 19.6 Å². The SMILES string of the molecule is CC(C)c1ccnc(-c2[c-]ccc3c2oc2cc(-c4cccc(-c5ccccc5)c4)ccc23)c1.C[Si](C)(C)c1ccc(-c2[c-]cccc2)nc1.[Ir]. The van der Waals surface area contributed by atoms with Gasteiger partial charge in [-0.3, -0.25) is 0 Å². The quantitative estimate of drug-likeness (QED) is 0.124. The van der Waals surface area contributed by atoms with Crippen LogP contribution in [-0.2, 0) is 20.1 Å². The monoisotopic (exact) mass is 857 g/mol. The molecule has 1 radical (unpaired) electrons. The predicted octanol–water partition coefficient (Wildman–Crippen LogP) is 12.0. The second-order valence-electron chi connectivity index (χ2n) is 13.9. The van der Waals surface area contributed by atoms with Crippen LogP contribution in [-0.4, -0.2) is 18.0 Å². The van der Waals surface area contributed by atoms with Gasteiger partial charge in [-0.2, -0.15) is 0 Å². The number of fused-ring (bicyclic) bond motifs is 3. The van der Waals surface area contributed by atoms with Crippen LogP contribution in [0.25, 0.3) is 66.7 Å². The molecule has 0 aliphatic carbocycles. The Labute approximate surface area is 315 Å². The van der Waals surface area contributed by atoms with Gasteiger partial charge in [0.05, 0.1) is 13.7 Å². The van der Waals surface area contributed by atoms with Crippen molar-refractivity contribution in [3.8, 4) is 44.8 Å². The van der Waals surface area contributed by atoms with Gasteiger partial charge < -0.3 is 14.4 Å². The maximum atomic E-state index is 6.44. The zero-order valence-electron chi connectivity index (χ0n) is 29.6. The van der Waals surface area contributed by atoms with Gasteiger partial charge in [0.1, 0.15) is 5.58 Å². The van der Waals surface area contributed by atoms with Crippen LogP contribution in [0.1, 0.15) is 25.3 Å². The van der Waals surface area contributed by atoms with Crippen LogP contribution in [0, 0.1) is 12.1 Å². The summed E-state index contributed by atoms with van der Waals surface area (Å²) in [5, 5.41) is 3.59. The Morgan fingerprint density at radius 1 is 0.608 bits per heavy atom. The number of furan rings is 1. The molecule has 0 spiro atoms. The van der Waals surface area contributed by atoms with Gasteiger partial charge in [0, 0.05) is 37.9 Å². The molecule has 0 aliphatic rings. The molecular formula is C46H40IrN2OSi-2. The Hall–Kier alpha value is -4.93. The van der Waals surface area contributed by atoms with Crippen molar-refractivity contribution < 1.29 is 24.5 Å². The first-order valence-corrected chi connectivity index (χ1v) is 20.7. The summed E-state index contributed by atoms with van der Waals surface area (Å²) in [6, 6.07) is 52.7. The van der Waals surface area contributed by atoms with E-state index < -0.39 is 8.07 Å². The average molecular weight is 857 g/mol. The molecule has 0 saturated carbocycles. The van der Waals surface area contributed by atoms with Gasteiger partial charge in [-0.25, -0.2) is 0 Å². The molecule has 0 atom stereocenters. The molecule has 5 heteroatoms. The summed E-state index contributed by atoms with van der Waals surface area (Å²) in [6.07, 6.45) is 3.89. The van der Waals surface area contributed by atoms with Crippen LogP contribution in [0.3, 0.4) is 0 Å². The van der Waals surface area contributed by atoms with E-state index in [2.05, 4.69) is 153 Å². The first kappa shape index (κ1) is 35.9. The van der Waals surface area contributed by atoms with E-state index in [1.165, 1.54) is 27.4 Å². The van der Waals surface area contributed by atoms with E-state index in [9.17, 15) is 0 Å². The minimum Gasteiger partial charge on any atom is -0.501 e. The number of pyridine rings is 2. The van der Waals surface area contributed by atoms with Crippen molar-refractivity contribution in [1.29, 1.82) is 0 Å². The molecule has 0 fully saturated rings. The molecule has 0 saturated heterocycles. The molecule has 3 heterocycles. The van der Waals surface area contributed by atoms with E-state index in [1.807, 2.05) is 48.8 Å². The largest absolute Gasteiger partial charge is 0.501 e. The van der Waals surface area contributed by atoms with Crippen molar-refractivity contribution >= 4 is 35.2 Å². The molecule has 8 rings (SSSR count). The molecule has 51 heavy (non-hydrogen) atoms. The molecule has 0 amide bonds. The second kappa shape index (κ2) is 15.5. The van der Waals surface area contributed by atoms with Crippen LogP contribution < -0.4 is 5.19 Å². The number of hydrogen-bond acceptors (Lipinski definition) is 3. The zero-order valence-corrected chi connectivity index (χ0v) is 33.0. The van der Waals surface area contributed by atoms with E-state index >= 15 is 0 Å². The summed E-state index contributed by atoms with van der Waals surface area (Å²) in [6.45, 7) is 11.4. The number of rotatable bonds is 6. The Balaban J connectivity index is 0.000000222. The van der Waals surface area contributed by atoms with Crippen molar-refractivity contribution in [3.05, 3.63) is 164 Å². The van der Waals surface area contributed by atoms with Crippen molar-refractivity contribution in [3.63, 3.8) is 0 Å². The molecule has 5 aromatic carbocycles. The third-order valence-corrected chi connectivity index (χ3v) is 11.1. The number of nitrogens with zero attached hydrogens (tertiary/aromatic N) is 2. The predicted molar refractivity (Wildman–Crippen MR) is 212 cm³/mol. The van der Waals surface area contributed by atoms with Gasteiger partial charge in [0.2, 0.25) is 0 Å². The van der Waals surface area contributed by atoms with Gasteiger partial charge in [-0.05, 0) is 62.9 Å². The average Bonchev–Trinajstić information content (AvgIpc) is 3.54. The van der Waals surface area contributed by atoms with E-state index in [0.717, 1.165) is 50.0 Å². The van der Waals surface area contributed by atoms with Gasteiger partial charge >= 0.3 is 0 Å². The molecule has 0 N–H and O–H groups in total. The maximum absolute atomic E-state index is 6.44. The van der Waals surface area contributed by atoms with Crippen molar-refractivity contribution in [2.45, 2.75) is 39.4 Å². The fraction of sp³-hybridized carbons (Fsp3) is 0.130. The van der Waals surface area contributed by atoms with Crippen molar-refractivity contribution in [2.24, 2.45) is 0 Å². The first-order valence-electron chi connectivity index (χ1n) is 17.2. The Morgan fingerprint density at radius 3 is 2.06 bits per heavy atom. The molecule has 0 aliphatic heterocycles. The molecule has 3 nitrogen and oxygen atoms in total. The zero-order chi connectivity index (χ0) is 34.7. The minimum atomic E-state index is -1.23. The summed E-state index contributed by atoms with van der Waals surface area (Å²) in [5.74, 6) is 0.436. The summed E-state index contributed by atoms with van der Waals surface area (Å²) < 4.78 is 6.44. The minimum absolute atomic E-state index is 0. The summed E-state index contributed by atoms with van der Waals surface area (Å²) >= 11 is 0. The van der Waals surface area contributed by atoms with Crippen molar-refractivity contribution in [2.75, 3.05) is 0 Å². The second-order valence-corrected chi connectivity index (χ2v) is 19.0. The number of aromatic nitrogens is 2. The van der Waals surface area contributed by atoms with Gasteiger partial charge in [0.15, 0.2) is 0 Å². The summed E-state index contributed by atoms with van der Waals surface area (Å²) in [4.78, 5) is 9.14. The van der Waals surface area contributed by atoms with E-state index in [0.29, 0.717) is 5.92 Å². The Bertz CT molecular complexity index is 2380. The molecule has 8 aromatic rings. The van der Waals surface area contributed by atoms with Crippen LogP contribution >= 0.6 is 0 Å². The van der Waals surface area contributed by atoms with Crippen LogP contribution in [0.5, 0.6) is 0 Å². The Kier molecular flexibility index (Phi) is 10.9. The fourth-order valence-corrected chi connectivity index (χ4v) is 7.15. The molecule has 3 aromatic heterocycles. The Morgan fingerprint density at radius 2 is 1.35 bits per heavy atom. The van der Waals surface area contributed by atoms with E-state index in [1.54, 1.807) is 0 Å². The van der Waals surface area contributed by atoms with E-state index in [-0.39, 0.29) is 20.1 Å². The number of benzene rings is 5. The third kappa shape index (κ3) is 8.02. The first-order chi connectivity index (χ1) is 24.2.